The number of rotatable bonds is 7. The lowest BCUT2D eigenvalue weighted by atomic mass is 10.0. The van der Waals surface area contributed by atoms with Crippen LogP contribution in [-0.4, -0.2) is 31.8 Å². The second kappa shape index (κ2) is 9.08. The van der Waals surface area contributed by atoms with Crippen molar-refractivity contribution in [2.45, 2.75) is 39.8 Å². The molecule has 0 aliphatic carbocycles. The number of nitrogens with one attached hydrogen (secondary N) is 1. The normalized spacial score (nSPS) is 11.7. The number of aryl methyl sites for hydroxylation is 1. The van der Waals surface area contributed by atoms with Crippen LogP contribution in [0.2, 0.25) is 10.0 Å². The summed E-state index contributed by atoms with van der Waals surface area (Å²) in [7, 11) is 0. The minimum Gasteiger partial charge on any atom is -0.341 e. The third-order valence-electron chi connectivity index (χ3n) is 3.77. The van der Waals surface area contributed by atoms with E-state index < -0.39 is 5.54 Å². The van der Waals surface area contributed by atoms with E-state index in [1.165, 1.54) is 11.8 Å². The minimum atomic E-state index is -0.745. The van der Waals surface area contributed by atoms with Crippen molar-refractivity contribution in [2.75, 3.05) is 5.75 Å². The van der Waals surface area contributed by atoms with Crippen molar-refractivity contribution in [1.29, 1.82) is 0 Å². The van der Waals surface area contributed by atoms with E-state index in [-0.39, 0.29) is 16.9 Å². The quantitative estimate of drug-likeness (QED) is 0.715. The fraction of sp³-hybridized carbons (Fsp3) is 0.444. The van der Waals surface area contributed by atoms with Gasteiger partial charge in [0.05, 0.1) is 18.3 Å². The summed E-state index contributed by atoms with van der Waals surface area (Å²) in [6, 6.07) is 4.68. The molecule has 0 bridgehead atoms. The molecule has 0 saturated carbocycles. The van der Waals surface area contributed by atoms with Gasteiger partial charge in [0.15, 0.2) is 5.12 Å². The molecule has 6 nitrogen and oxygen atoms in total. The van der Waals surface area contributed by atoms with Gasteiger partial charge in [0.25, 0.3) is 5.91 Å². The highest BCUT2D eigenvalue weighted by atomic mass is 35.5. The van der Waals surface area contributed by atoms with Crippen molar-refractivity contribution >= 4 is 46.0 Å². The predicted octanol–water partition coefficient (Wildman–Crippen LogP) is 4.17. The molecule has 0 unspecified atom stereocenters. The molecule has 27 heavy (non-hydrogen) atoms. The largest absolute Gasteiger partial charge is 0.341 e. The van der Waals surface area contributed by atoms with Gasteiger partial charge in [-0.25, -0.2) is 0 Å². The zero-order valence-electron chi connectivity index (χ0n) is 15.6. The van der Waals surface area contributed by atoms with Crippen LogP contribution in [-0.2, 0) is 16.9 Å². The van der Waals surface area contributed by atoms with E-state index in [1.54, 1.807) is 29.1 Å². The first-order valence-electron chi connectivity index (χ1n) is 8.44. The van der Waals surface area contributed by atoms with E-state index in [1.807, 2.05) is 27.7 Å². The van der Waals surface area contributed by atoms with Gasteiger partial charge in [-0.15, -0.1) is 5.10 Å². The fourth-order valence-corrected chi connectivity index (χ4v) is 3.54. The van der Waals surface area contributed by atoms with Crippen LogP contribution in [0.3, 0.4) is 0 Å². The summed E-state index contributed by atoms with van der Waals surface area (Å²) in [4.78, 5) is 24.2. The van der Waals surface area contributed by atoms with Crippen LogP contribution in [0.15, 0.2) is 24.4 Å². The first-order valence-corrected chi connectivity index (χ1v) is 10.2. The number of carbonyl (C=O) groups excluding carboxylic acids is 2. The second-order valence-electron chi connectivity index (χ2n) is 6.93. The SMILES string of the molecule is CC(C)C(=O)SCCn1cc(C(C)(C)NC(=O)c2cc(Cl)cc(Cl)c2)nn1. The van der Waals surface area contributed by atoms with Gasteiger partial charge in [-0.1, -0.05) is 54.0 Å². The Hall–Kier alpha value is -1.57. The Morgan fingerprint density at radius 2 is 1.85 bits per heavy atom. The predicted molar refractivity (Wildman–Crippen MR) is 109 cm³/mol. The molecule has 0 aliphatic heterocycles. The molecular weight excluding hydrogens is 407 g/mol. The second-order valence-corrected chi connectivity index (χ2v) is 8.90. The summed E-state index contributed by atoms with van der Waals surface area (Å²) in [6.45, 7) is 7.98. The number of amides is 1. The maximum absolute atomic E-state index is 12.5. The van der Waals surface area contributed by atoms with Gasteiger partial charge in [0.2, 0.25) is 0 Å². The summed E-state index contributed by atoms with van der Waals surface area (Å²) in [6.07, 6.45) is 1.77. The maximum atomic E-state index is 12.5. The number of thioether (sulfide) groups is 1. The van der Waals surface area contributed by atoms with Crippen LogP contribution < -0.4 is 5.32 Å². The van der Waals surface area contributed by atoms with Crippen LogP contribution >= 0.6 is 35.0 Å². The van der Waals surface area contributed by atoms with E-state index >= 15 is 0 Å². The molecule has 1 amide bonds. The number of hydrogen-bond acceptors (Lipinski definition) is 5. The molecule has 0 fully saturated rings. The lowest BCUT2D eigenvalue weighted by Gasteiger charge is -2.23. The number of aromatic nitrogens is 3. The van der Waals surface area contributed by atoms with Gasteiger partial charge in [-0.2, -0.15) is 0 Å². The maximum Gasteiger partial charge on any atom is 0.252 e. The molecule has 0 radical (unpaired) electrons. The van der Waals surface area contributed by atoms with Crippen molar-refractivity contribution in [1.82, 2.24) is 20.3 Å². The molecular formula is C18H22Cl2N4O2S. The lowest BCUT2D eigenvalue weighted by Crippen LogP contribution is -2.41. The van der Waals surface area contributed by atoms with Gasteiger partial charge in [0.1, 0.15) is 5.69 Å². The highest BCUT2D eigenvalue weighted by molar-refractivity contribution is 8.13. The van der Waals surface area contributed by atoms with Crippen LogP contribution in [0.1, 0.15) is 43.7 Å². The third kappa shape index (κ3) is 6.23. The Morgan fingerprint density at radius 3 is 2.44 bits per heavy atom. The van der Waals surface area contributed by atoms with Crippen molar-refractivity contribution in [3.63, 3.8) is 0 Å². The molecule has 2 aromatic rings. The van der Waals surface area contributed by atoms with Crippen LogP contribution in [0, 0.1) is 5.92 Å². The summed E-state index contributed by atoms with van der Waals surface area (Å²) in [5.74, 6) is 0.320. The van der Waals surface area contributed by atoms with Crippen molar-refractivity contribution in [2.24, 2.45) is 5.92 Å². The lowest BCUT2D eigenvalue weighted by molar-refractivity contribution is -0.113. The smallest absolute Gasteiger partial charge is 0.252 e. The molecule has 0 spiro atoms. The molecule has 146 valence electrons. The topological polar surface area (TPSA) is 76.9 Å². The molecule has 2 rings (SSSR count). The number of halogens is 2. The van der Waals surface area contributed by atoms with Crippen LogP contribution in [0.4, 0.5) is 0 Å². The summed E-state index contributed by atoms with van der Waals surface area (Å²) < 4.78 is 1.67. The van der Waals surface area contributed by atoms with Gasteiger partial charge in [0, 0.05) is 27.3 Å². The Bertz CT molecular complexity index is 816. The van der Waals surface area contributed by atoms with Crippen molar-refractivity contribution in [3.05, 3.63) is 45.7 Å². The zero-order chi connectivity index (χ0) is 20.2. The molecule has 0 saturated heterocycles. The van der Waals surface area contributed by atoms with Gasteiger partial charge in [-0.05, 0) is 32.0 Å². The molecule has 1 aromatic carbocycles. The van der Waals surface area contributed by atoms with Crippen LogP contribution in [0.5, 0.6) is 0 Å². The average molecular weight is 429 g/mol. The van der Waals surface area contributed by atoms with E-state index in [9.17, 15) is 9.59 Å². The molecule has 0 atom stereocenters. The monoisotopic (exact) mass is 428 g/mol. The summed E-state index contributed by atoms with van der Waals surface area (Å²) >= 11 is 13.2. The van der Waals surface area contributed by atoms with E-state index in [0.29, 0.717) is 33.6 Å². The third-order valence-corrected chi connectivity index (χ3v) is 5.34. The Labute approximate surface area is 173 Å². The van der Waals surface area contributed by atoms with E-state index in [2.05, 4.69) is 15.6 Å². The Kier molecular flexibility index (Phi) is 7.31. The number of benzene rings is 1. The molecule has 1 N–H and O–H groups in total. The van der Waals surface area contributed by atoms with Gasteiger partial charge >= 0.3 is 0 Å². The Morgan fingerprint density at radius 1 is 1.22 bits per heavy atom. The minimum absolute atomic E-state index is 0.00967. The average Bonchev–Trinajstić information content (AvgIpc) is 3.03. The Balaban J connectivity index is 2.01. The van der Waals surface area contributed by atoms with Gasteiger partial charge < -0.3 is 5.32 Å². The number of hydrogen-bond donors (Lipinski definition) is 1. The first-order chi connectivity index (χ1) is 12.6. The summed E-state index contributed by atoms with van der Waals surface area (Å²) in [5.41, 5.74) is 0.242. The van der Waals surface area contributed by atoms with Crippen molar-refractivity contribution in [3.8, 4) is 0 Å². The van der Waals surface area contributed by atoms with Gasteiger partial charge in [-0.3, -0.25) is 14.3 Å². The first kappa shape index (κ1) is 21.7. The fourth-order valence-electron chi connectivity index (χ4n) is 2.21. The van der Waals surface area contributed by atoms with Crippen LogP contribution in [0.25, 0.3) is 0 Å². The summed E-state index contributed by atoms with van der Waals surface area (Å²) in [5, 5.41) is 12.1. The van der Waals surface area contributed by atoms with E-state index in [4.69, 9.17) is 23.2 Å². The number of carbonyl (C=O) groups is 2. The molecule has 1 aromatic heterocycles. The molecule has 1 heterocycles. The standard InChI is InChI=1S/C18H22Cl2N4O2S/c1-11(2)17(26)27-6-5-24-10-15(22-23-24)18(3,4)21-16(25)12-7-13(19)9-14(20)8-12/h7-11H,5-6H2,1-4H3,(H,21,25). The highest BCUT2D eigenvalue weighted by Gasteiger charge is 2.27. The highest BCUT2D eigenvalue weighted by Crippen LogP contribution is 2.22. The van der Waals surface area contributed by atoms with Crippen molar-refractivity contribution < 1.29 is 9.59 Å². The molecule has 9 heteroatoms. The van der Waals surface area contributed by atoms with E-state index in [0.717, 1.165) is 0 Å². The number of nitrogens with zero attached hydrogens (tertiary/aromatic N) is 3. The molecule has 0 aliphatic rings. The zero-order valence-corrected chi connectivity index (χ0v) is 18.0.